The number of rotatable bonds is 3. The summed E-state index contributed by atoms with van der Waals surface area (Å²) >= 11 is 6.88. The van der Waals surface area contributed by atoms with Crippen molar-refractivity contribution in [3.63, 3.8) is 0 Å². The molecule has 0 saturated carbocycles. The van der Waals surface area contributed by atoms with Crippen LogP contribution >= 0.6 is 11.6 Å². The van der Waals surface area contributed by atoms with Crippen LogP contribution in [0.25, 0.3) is 33.7 Å². The molecule has 0 atom stereocenters. The van der Waals surface area contributed by atoms with Gasteiger partial charge in [-0.2, -0.15) is 0 Å². The lowest BCUT2D eigenvalue weighted by Crippen LogP contribution is -2.07. The zero-order valence-electron chi connectivity index (χ0n) is 20.0. The van der Waals surface area contributed by atoms with Crippen LogP contribution in [0.1, 0.15) is 52.5 Å². The Morgan fingerprint density at radius 3 is 2.71 bits per heavy atom. The lowest BCUT2D eigenvalue weighted by molar-refractivity contribution is 0.543. The summed E-state index contributed by atoms with van der Waals surface area (Å²) in [4.78, 5) is 0. The van der Waals surface area contributed by atoms with E-state index in [1.54, 1.807) is 6.08 Å². The van der Waals surface area contributed by atoms with Crippen molar-refractivity contribution in [1.82, 2.24) is 0 Å². The number of allylic oxidation sites excluding steroid dienone is 3. The number of hydrogen-bond acceptors (Lipinski definition) is 1. The summed E-state index contributed by atoms with van der Waals surface area (Å²) < 4.78 is 6.33. The first-order chi connectivity index (χ1) is 17.0. The molecule has 0 spiro atoms. The summed E-state index contributed by atoms with van der Waals surface area (Å²) in [7, 11) is 0. The Bertz CT molecular complexity index is 1670. The van der Waals surface area contributed by atoms with Crippen molar-refractivity contribution >= 4 is 34.2 Å². The molecule has 2 aliphatic carbocycles. The molecule has 0 bridgehead atoms. The van der Waals surface area contributed by atoms with E-state index in [1.807, 2.05) is 18.2 Å². The first kappa shape index (κ1) is 21.8. The minimum absolute atomic E-state index is 0.781. The van der Waals surface area contributed by atoms with Gasteiger partial charge in [-0.15, -0.1) is 6.42 Å². The molecule has 1 aromatic heterocycles. The molecule has 3 aromatic carbocycles. The minimum atomic E-state index is 0.781. The van der Waals surface area contributed by atoms with Gasteiger partial charge in [-0.3, -0.25) is 0 Å². The molecule has 2 aliphatic rings. The van der Waals surface area contributed by atoms with Crippen LogP contribution in [0.5, 0.6) is 0 Å². The van der Waals surface area contributed by atoms with Gasteiger partial charge in [0.15, 0.2) is 0 Å². The summed E-state index contributed by atoms with van der Waals surface area (Å²) in [5.74, 6) is 3.66. The van der Waals surface area contributed by atoms with E-state index >= 15 is 0 Å². The molecule has 0 radical (unpaired) electrons. The molecule has 0 aliphatic heterocycles. The van der Waals surface area contributed by atoms with Gasteiger partial charge in [-0.25, -0.2) is 0 Å². The number of hydrogen-bond donors (Lipinski definition) is 0. The van der Waals surface area contributed by atoms with Gasteiger partial charge in [0, 0.05) is 28.0 Å². The van der Waals surface area contributed by atoms with Crippen LogP contribution in [-0.2, 0) is 12.8 Å². The monoisotopic (exact) mass is 472 g/mol. The zero-order chi connectivity index (χ0) is 24.3. The van der Waals surface area contributed by atoms with Gasteiger partial charge >= 0.3 is 0 Å². The maximum Gasteiger partial charge on any atom is 0.134 e. The Balaban J connectivity index is 1.63. The van der Waals surface area contributed by atoms with Crippen LogP contribution in [0.3, 0.4) is 0 Å². The molecule has 4 aromatic rings. The standard InChI is InChI=1S/C33H25ClO/c1-5-6-9-21-17-26-22(16-20(21)4)18-27-24(12-14-28(34)31(26)27)32-23(19(2)3)13-15-30-33(32)25-10-7-8-11-29(25)35-30/h1,6-12,14,16-17H,2,13,15,18H2,3-4H3/b9-6-. The number of halogens is 1. The van der Waals surface area contributed by atoms with Gasteiger partial charge in [-0.1, -0.05) is 60.0 Å². The van der Waals surface area contributed by atoms with Crippen molar-refractivity contribution in [2.45, 2.75) is 33.1 Å². The second-order valence-corrected chi connectivity index (χ2v) is 9.93. The van der Waals surface area contributed by atoms with E-state index in [1.165, 1.54) is 44.5 Å². The molecule has 2 heteroatoms. The Morgan fingerprint density at radius 2 is 1.91 bits per heavy atom. The van der Waals surface area contributed by atoms with E-state index in [9.17, 15) is 0 Å². The fourth-order valence-corrected chi connectivity index (χ4v) is 6.06. The second-order valence-electron chi connectivity index (χ2n) is 9.52. The lowest BCUT2D eigenvalue weighted by atomic mass is 9.80. The number of terminal acetylenes is 1. The Labute approximate surface area is 211 Å². The van der Waals surface area contributed by atoms with Crippen molar-refractivity contribution < 1.29 is 4.42 Å². The average Bonchev–Trinajstić information content (AvgIpc) is 3.41. The van der Waals surface area contributed by atoms with Crippen LogP contribution in [-0.4, -0.2) is 0 Å². The Morgan fingerprint density at radius 1 is 1.09 bits per heavy atom. The molecule has 35 heavy (non-hydrogen) atoms. The van der Waals surface area contributed by atoms with Crippen LogP contribution < -0.4 is 0 Å². The predicted molar refractivity (Wildman–Crippen MR) is 148 cm³/mol. The third kappa shape index (κ3) is 3.33. The fraction of sp³-hybridized carbons (Fsp3) is 0.152. The van der Waals surface area contributed by atoms with Crippen molar-refractivity contribution in [2.75, 3.05) is 0 Å². The highest BCUT2D eigenvalue weighted by molar-refractivity contribution is 6.34. The third-order valence-corrected chi connectivity index (χ3v) is 7.67. The van der Waals surface area contributed by atoms with Gasteiger partial charge in [-0.05, 0) is 102 Å². The highest BCUT2D eigenvalue weighted by atomic mass is 35.5. The number of benzene rings is 3. The molecule has 1 nitrogen and oxygen atoms in total. The van der Waals surface area contributed by atoms with E-state index in [2.05, 4.69) is 62.7 Å². The molecule has 0 fully saturated rings. The van der Waals surface area contributed by atoms with Crippen molar-refractivity contribution in [2.24, 2.45) is 0 Å². The first-order valence-corrected chi connectivity index (χ1v) is 12.3. The van der Waals surface area contributed by atoms with E-state index in [0.717, 1.165) is 57.7 Å². The third-order valence-electron chi connectivity index (χ3n) is 7.36. The van der Waals surface area contributed by atoms with Gasteiger partial charge in [0.1, 0.15) is 11.3 Å². The van der Waals surface area contributed by atoms with Crippen molar-refractivity contribution in [1.29, 1.82) is 0 Å². The molecule has 170 valence electrons. The highest BCUT2D eigenvalue weighted by Crippen LogP contribution is 2.50. The fourth-order valence-electron chi connectivity index (χ4n) is 5.78. The molecule has 1 heterocycles. The van der Waals surface area contributed by atoms with E-state index in [0.29, 0.717) is 0 Å². The SMILES string of the molecule is C#C/C=C\c1cc2c(cc1C)Cc1c(C3=C(C(=C)C)CCc4oc5ccccc5c43)ccc(Cl)c1-2. The predicted octanol–water partition coefficient (Wildman–Crippen LogP) is 8.94. The van der Waals surface area contributed by atoms with Crippen LogP contribution in [0.4, 0.5) is 0 Å². The molecule has 0 amide bonds. The summed E-state index contributed by atoms with van der Waals surface area (Å²) in [6.45, 7) is 8.60. The number of fused-ring (bicyclic) bond motifs is 6. The normalized spacial score (nSPS) is 14.2. The van der Waals surface area contributed by atoms with Gasteiger partial charge in [0.05, 0.1) is 0 Å². The highest BCUT2D eigenvalue weighted by Gasteiger charge is 2.31. The number of para-hydroxylation sites is 1. The number of aryl methyl sites for hydroxylation is 2. The quantitative estimate of drug-likeness (QED) is 0.239. The Kier molecular flexibility index (Phi) is 5.10. The Hall–Kier alpha value is -3.73. The van der Waals surface area contributed by atoms with Crippen LogP contribution in [0.2, 0.25) is 5.02 Å². The molecule has 0 saturated heterocycles. The van der Waals surface area contributed by atoms with Gasteiger partial charge in [0.25, 0.3) is 0 Å². The number of furan rings is 1. The molecule has 0 N–H and O–H groups in total. The largest absolute Gasteiger partial charge is 0.460 e. The van der Waals surface area contributed by atoms with E-state index in [-0.39, 0.29) is 0 Å². The zero-order valence-corrected chi connectivity index (χ0v) is 20.7. The van der Waals surface area contributed by atoms with E-state index < -0.39 is 0 Å². The smallest absolute Gasteiger partial charge is 0.134 e. The summed E-state index contributed by atoms with van der Waals surface area (Å²) in [5.41, 5.74) is 14.3. The lowest BCUT2D eigenvalue weighted by Gasteiger charge is -2.23. The van der Waals surface area contributed by atoms with E-state index in [4.69, 9.17) is 22.4 Å². The van der Waals surface area contributed by atoms with Crippen LogP contribution in [0, 0.1) is 19.3 Å². The van der Waals surface area contributed by atoms with Crippen molar-refractivity contribution in [3.05, 3.63) is 116 Å². The van der Waals surface area contributed by atoms with Crippen LogP contribution in [0.15, 0.2) is 76.7 Å². The minimum Gasteiger partial charge on any atom is -0.460 e. The maximum absolute atomic E-state index is 6.88. The first-order valence-electron chi connectivity index (χ1n) is 12.0. The summed E-state index contributed by atoms with van der Waals surface area (Å²) in [6.07, 6.45) is 11.9. The summed E-state index contributed by atoms with van der Waals surface area (Å²) in [5, 5.41) is 1.94. The second kappa shape index (κ2) is 8.19. The topological polar surface area (TPSA) is 13.1 Å². The molecule has 0 unspecified atom stereocenters. The molecular formula is C33H25ClO. The molecular weight excluding hydrogens is 448 g/mol. The van der Waals surface area contributed by atoms with Gasteiger partial charge in [0.2, 0.25) is 0 Å². The molecule has 6 rings (SSSR count). The summed E-state index contributed by atoms with van der Waals surface area (Å²) in [6, 6.07) is 17.1. The average molecular weight is 473 g/mol. The maximum atomic E-state index is 6.88. The van der Waals surface area contributed by atoms with Crippen molar-refractivity contribution in [3.8, 4) is 23.5 Å². The van der Waals surface area contributed by atoms with Gasteiger partial charge < -0.3 is 4.42 Å².